The summed E-state index contributed by atoms with van der Waals surface area (Å²) in [4.78, 5) is 10.6. The zero-order chi connectivity index (χ0) is 20.2. The second kappa shape index (κ2) is 12.7. The molecule has 27 heavy (non-hydrogen) atoms. The highest BCUT2D eigenvalue weighted by molar-refractivity contribution is 5.66. The van der Waals surface area contributed by atoms with Crippen LogP contribution in [0.2, 0.25) is 0 Å². The lowest BCUT2D eigenvalue weighted by Crippen LogP contribution is -2.50. The van der Waals surface area contributed by atoms with Gasteiger partial charge >= 0.3 is 5.97 Å². The Morgan fingerprint density at radius 1 is 0.889 bits per heavy atom. The molecule has 5 heteroatoms. The summed E-state index contributed by atoms with van der Waals surface area (Å²) in [6, 6.07) is 0. The van der Waals surface area contributed by atoms with Crippen LogP contribution in [0.5, 0.6) is 0 Å². The summed E-state index contributed by atoms with van der Waals surface area (Å²) in [5.74, 6) is -0.735. The molecule has 0 amide bonds. The van der Waals surface area contributed by atoms with Crippen molar-refractivity contribution >= 4 is 5.97 Å². The molecule has 0 radical (unpaired) electrons. The van der Waals surface area contributed by atoms with E-state index in [1.54, 1.807) is 0 Å². The van der Waals surface area contributed by atoms with E-state index in [1.807, 2.05) is 13.8 Å². The van der Waals surface area contributed by atoms with Crippen molar-refractivity contribution in [3.63, 3.8) is 0 Å². The van der Waals surface area contributed by atoms with Crippen molar-refractivity contribution in [1.29, 1.82) is 0 Å². The Bertz CT molecular complexity index is 413. The van der Waals surface area contributed by atoms with Crippen LogP contribution in [0.25, 0.3) is 0 Å². The molecule has 0 aromatic rings. The van der Waals surface area contributed by atoms with Crippen LogP contribution in [0.3, 0.4) is 0 Å². The van der Waals surface area contributed by atoms with Crippen molar-refractivity contribution in [2.24, 2.45) is 0 Å². The zero-order valence-electron chi connectivity index (χ0n) is 18.0. The van der Waals surface area contributed by atoms with E-state index >= 15 is 0 Å². The third-order valence-electron chi connectivity index (χ3n) is 5.78. The number of ether oxygens (including phenoxy) is 1. The normalized spacial score (nSPS) is 22.4. The first-order valence-corrected chi connectivity index (χ1v) is 11.2. The lowest BCUT2D eigenvalue weighted by Gasteiger charge is -2.37. The van der Waals surface area contributed by atoms with Crippen LogP contribution in [0.15, 0.2) is 0 Å². The number of aliphatic carboxylic acids is 1. The first kappa shape index (κ1) is 24.4. The van der Waals surface area contributed by atoms with Crippen LogP contribution in [0.1, 0.15) is 117 Å². The highest BCUT2D eigenvalue weighted by atomic mass is 16.6. The Morgan fingerprint density at radius 2 is 1.37 bits per heavy atom. The molecule has 0 aliphatic carbocycles. The third-order valence-corrected chi connectivity index (χ3v) is 5.78. The van der Waals surface area contributed by atoms with E-state index in [1.165, 1.54) is 56.4 Å². The van der Waals surface area contributed by atoms with Crippen molar-refractivity contribution in [2.45, 2.75) is 128 Å². The molecule has 2 N–H and O–H groups in total. The Morgan fingerprint density at radius 3 is 1.81 bits per heavy atom. The number of nitrogens with zero attached hydrogens (tertiary/aromatic N) is 1. The minimum absolute atomic E-state index is 0.223. The molecule has 1 unspecified atom stereocenters. The third kappa shape index (κ3) is 8.93. The molecule has 0 aromatic carbocycles. The van der Waals surface area contributed by atoms with Crippen molar-refractivity contribution < 1.29 is 19.8 Å². The molecule has 1 aliphatic rings. The van der Waals surface area contributed by atoms with Gasteiger partial charge < -0.3 is 15.1 Å². The number of unbranched alkanes of at least 4 members (excludes halogenated alkanes) is 10. The number of rotatable bonds is 16. The molecule has 0 aromatic heterocycles. The van der Waals surface area contributed by atoms with Crippen molar-refractivity contribution in [2.75, 3.05) is 6.61 Å². The van der Waals surface area contributed by atoms with Gasteiger partial charge in [-0.05, 0) is 46.0 Å². The van der Waals surface area contributed by atoms with Gasteiger partial charge in [0.25, 0.3) is 0 Å². The van der Waals surface area contributed by atoms with Crippen LogP contribution in [-0.4, -0.2) is 39.2 Å². The van der Waals surface area contributed by atoms with Gasteiger partial charge in [0.05, 0.1) is 12.1 Å². The molecule has 0 spiro atoms. The van der Waals surface area contributed by atoms with E-state index in [-0.39, 0.29) is 12.0 Å². The molecule has 0 saturated carbocycles. The fourth-order valence-corrected chi connectivity index (χ4v) is 4.03. The molecule has 160 valence electrons. The highest BCUT2D eigenvalue weighted by Gasteiger charge is 2.50. The topological polar surface area (TPSA) is 70.0 Å². The summed E-state index contributed by atoms with van der Waals surface area (Å²) in [6.45, 7) is 6.81. The summed E-state index contributed by atoms with van der Waals surface area (Å²) in [5.41, 5.74) is -0.950. The second-order valence-corrected chi connectivity index (χ2v) is 8.89. The maximum Gasteiger partial charge on any atom is 0.303 e. The minimum Gasteiger partial charge on any atom is -0.481 e. The zero-order valence-corrected chi connectivity index (χ0v) is 18.0. The van der Waals surface area contributed by atoms with Crippen LogP contribution < -0.4 is 0 Å². The lowest BCUT2D eigenvalue weighted by atomic mass is 9.95. The fraction of sp³-hybridized carbons (Fsp3) is 0.955. The van der Waals surface area contributed by atoms with E-state index in [4.69, 9.17) is 9.84 Å². The number of carbonyl (C=O) groups is 1. The standard InChI is InChI=1S/C22H43NO4/c1-4-5-6-7-8-9-10-11-14-17-22(18-15-12-13-16-20(24)25)23(26)21(2,3)19-27-22/h26H,4-19H2,1-3H3,(H,24,25). The van der Waals surface area contributed by atoms with Crippen LogP contribution in [0, 0.1) is 0 Å². The molecular formula is C22H43NO4. The van der Waals surface area contributed by atoms with E-state index in [0.29, 0.717) is 13.0 Å². The van der Waals surface area contributed by atoms with E-state index in [9.17, 15) is 10.0 Å². The average molecular weight is 386 g/mol. The molecule has 1 saturated heterocycles. The number of carboxylic acids is 1. The monoisotopic (exact) mass is 385 g/mol. The van der Waals surface area contributed by atoms with Crippen LogP contribution >= 0.6 is 0 Å². The fourth-order valence-electron chi connectivity index (χ4n) is 4.03. The predicted molar refractivity (Wildman–Crippen MR) is 109 cm³/mol. The second-order valence-electron chi connectivity index (χ2n) is 8.89. The van der Waals surface area contributed by atoms with Crippen LogP contribution in [-0.2, 0) is 9.53 Å². The molecule has 1 atom stereocenters. The molecular weight excluding hydrogens is 342 g/mol. The predicted octanol–water partition coefficient (Wildman–Crippen LogP) is 6.14. The average Bonchev–Trinajstić information content (AvgIpc) is 2.84. The Kier molecular flexibility index (Phi) is 11.5. The van der Waals surface area contributed by atoms with Crippen molar-refractivity contribution in [1.82, 2.24) is 5.06 Å². The Hall–Kier alpha value is -0.650. The molecule has 1 fully saturated rings. The molecule has 5 nitrogen and oxygen atoms in total. The van der Waals surface area contributed by atoms with Gasteiger partial charge in [0.15, 0.2) is 0 Å². The SMILES string of the molecule is CCCCCCCCCCCC1(CCCCCC(=O)O)OCC(C)(C)N1O. The number of hydrogen-bond donors (Lipinski definition) is 2. The Balaban J connectivity index is 2.32. The molecule has 1 rings (SSSR count). The summed E-state index contributed by atoms with van der Waals surface area (Å²) >= 11 is 0. The van der Waals surface area contributed by atoms with Crippen molar-refractivity contribution in [3.8, 4) is 0 Å². The van der Waals surface area contributed by atoms with Gasteiger partial charge in [-0.1, -0.05) is 64.7 Å². The maximum absolute atomic E-state index is 10.7. The minimum atomic E-state index is -0.735. The summed E-state index contributed by atoms with van der Waals surface area (Å²) in [5, 5.41) is 21.0. The van der Waals surface area contributed by atoms with Gasteiger partial charge in [-0.2, -0.15) is 5.06 Å². The summed E-state index contributed by atoms with van der Waals surface area (Å²) < 4.78 is 6.13. The van der Waals surface area contributed by atoms with Gasteiger partial charge in [0, 0.05) is 6.42 Å². The largest absolute Gasteiger partial charge is 0.481 e. The maximum atomic E-state index is 10.7. The van der Waals surface area contributed by atoms with Gasteiger partial charge in [0.2, 0.25) is 0 Å². The van der Waals surface area contributed by atoms with Gasteiger partial charge in [0.1, 0.15) is 5.72 Å². The first-order valence-electron chi connectivity index (χ1n) is 11.2. The van der Waals surface area contributed by atoms with Crippen LogP contribution in [0.4, 0.5) is 0 Å². The van der Waals surface area contributed by atoms with Gasteiger partial charge in [-0.25, -0.2) is 0 Å². The summed E-state index contributed by atoms with van der Waals surface area (Å²) in [7, 11) is 0. The van der Waals surface area contributed by atoms with Crippen molar-refractivity contribution in [3.05, 3.63) is 0 Å². The number of carboxylic acid groups (broad SMARTS) is 1. The van der Waals surface area contributed by atoms with Gasteiger partial charge in [-0.15, -0.1) is 0 Å². The Labute approximate surface area is 166 Å². The van der Waals surface area contributed by atoms with E-state index in [2.05, 4.69) is 6.92 Å². The smallest absolute Gasteiger partial charge is 0.303 e. The molecule has 0 bridgehead atoms. The quantitative estimate of drug-likeness (QED) is 0.312. The molecule has 1 heterocycles. The van der Waals surface area contributed by atoms with E-state index < -0.39 is 11.7 Å². The van der Waals surface area contributed by atoms with E-state index in [0.717, 1.165) is 32.1 Å². The highest BCUT2D eigenvalue weighted by Crippen LogP contribution is 2.40. The molecule has 1 aliphatic heterocycles. The first-order chi connectivity index (χ1) is 12.8. The lowest BCUT2D eigenvalue weighted by molar-refractivity contribution is -0.256. The number of hydrogen-bond acceptors (Lipinski definition) is 4. The summed E-state index contributed by atoms with van der Waals surface area (Å²) in [6.07, 6.45) is 15.8. The van der Waals surface area contributed by atoms with Gasteiger partial charge in [-0.3, -0.25) is 4.79 Å². The number of hydroxylamine groups is 2.